The SMILES string of the molecule is CCCNc1ccc(-c2ccccc2OC(F)F)nn1. The third kappa shape index (κ3) is 3.63. The van der Waals surface area contributed by atoms with Crippen LogP contribution in [-0.2, 0) is 0 Å². The molecule has 0 unspecified atom stereocenters. The number of nitrogens with zero attached hydrogens (tertiary/aromatic N) is 2. The van der Waals surface area contributed by atoms with Crippen molar-refractivity contribution in [1.82, 2.24) is 10.2 Å². The topological polar surface area (TPSA) is 47.0 Å². The van der Waals surface area contributed by atoms with Gasteiger partial charge in [-0.15, -0.1) is 10.2 Å². The van der Waals surface area contributed by atoms with E-state index in [1.165, 1.54) is 6.07 Å². The number of hydrogen-bond acceptors (Lipinski definition) is 4. The second kappa shape index (κ2) is 6.79. The fourth-order valence-corrected chi connectivity index (χ4v) is 1.70. The molecule has 0 fully saturated rings. The van der Waals surface area contributed by atoms with Gasteiger partial charge in [0.25, 0.3) is 0 Å². The van der Waals surface area contributed by atoms with Crippen LogP contribution in [0.3, 0.4) is 0 Å². The molecule has 0 amide bonds. The van der Waals surface area contributed by atoms with E-state index in [1.54, 1.807) is 30.3 Å². The van der Waals surface area contributed by atoms with Crippen molar-refractivity contribution in [2.24, 2.45) is 0 Å². The first-order valence-corrected chi connectivity index (χ1v) is 6.32. The number of halogens is 2. The molecule has 1 N–H and O–H groups in total. The average Bonchev–Trinajstić information content (AvgIpc) is 2.46. The first-order chi connectivity index (χ1) is 9.70. The largest absolute Gasteiger partial charge is 0.434 e. The number of alkyl halides is 2. The molecule has 0 radical (unpaired) electrons. The molecule has 0 spiro atoms. The molecule has 6 heteroatoms. The van der Waals surface area contributed by atoms with E-state index in [9.17, 15) is 8.78 Å². The maximum absolute atomic E-state index is 12.4. The number of para-hydroxylation sites is 1. The molecule has 1 heterocycles. The highest BCUT2D eigenvalue weighted by Crippen LogP contribution is 2.29. The zero-order valence-electron chi connectivity index (χ0n) is 11.0. The van der Waals surface area contributed by atoms with Crippen LogP contribution in [0.15, 0.2) is 36.4 Å². The lowest BCUT2D eigenvalue weighted by Gasteiger charge is -2.10. The summed E-state index contributed by atoms with van der Waals surface area (Å²) in [5.41, 5.74) is 0.977. The first-order valence-electron chi connectivity index (χ1n) is 6.32. The molecular formula is C14H15F2N3O. The Kier molecular flexibility index (Phi) is 4.81. The highest BCUT2D eigenvalue weighted by Gasteiger charge is 2.11. The summed E-state index contributed by atoms with van der Waals surface area (Å²) < 4.78 is 29.2. The number of aromatic nitrogens is 2. The Morgan fingerprint density at radius 3 is 2.60 bits per heavy atom. The summed E-state index contributed by atoms with van der Waals surface area (Å²) >= 11 is 0. The maximum Gasteiger partial charge on any atom is 0.387 e. The summed E-state index contributed by atoms with van der Waals surface area (Å²) in [6.07, 6.45) is 0.981. The van der Waals surface area contributed by atoms with Gasteiger partial charge in [0, 0.05) is 12.1 Å². The van der Waals surface area contributed by atoms with Crippen LogP contribution in [0.4, 0.5) is 14.6 Å². The molecule has 4 nitrogen and oxygen atoms in total. The predicted octanol–water partition coefficient (Wildman–Crippen LogP) is 3.57. The minimum atomic E-state index is -2.87. The molecule has 2 aromatic rings. The van der Waals surface area contributed by atoms with Crippen LogP contribution < -0.4 is 10.1 Å². The molecule has 0 aliphatic rings. The first kappa shape index (κ1) is 14.2. The highest BCUT2D eigenvalue weighted by molar-refractivity contribution is 5.67. The van der Waals surface area contributed by atoms with Gasteiger partial charge in [0.05, 0.1) is 5.69 Å². The Bertz CT molecular complexity index is 546. The van der Waals surface area contributed by atoms with E-state index in [-0.39, 0.29) is 5.75 Å². The maximum atomic E-state index is 12.4. The van der Waals surface area contributed by atoms with Gasteiger partial charge < -0.3 is 10.1 Å². The van der Waals surface area contributed by atoms with Gasteiger partial charge in [-0.1, -0.05) is 19.1 Å². The summed E-state index contributed by atoms with van der Waals surface area (Å²) in [5.74, 6) is 0.744. The molecule has 20 heavy (non-hydrogen) atoms. The third-order valence-corrected chi connectivity index (χ3v) is 2.60. The lowest BCUT2D eigenvalue weighted by Crippen LogP contribution is -2.05. The van der Waals surface area contributed by atoms with Crippen molar-refractivity contribution in [1.29, 1.82) is 0 Å². The number of benzene rings is 1. The molecule has 106 valence electrons. The Morgan fingerprint density at radius 2 is 1.95 bits per heavy atom. The standard InChI is InChI=1S/C14H15F2N3O/c1-2-9-17-13-8-7-11(18-19-13)10-5-3-4-6-12(10)20-14(15)16/h3-8,14H,2,9H2,1H3,(H,17,19). The Morgan fingerprint density at radius 1 is 1.15 bits per heavy atom. The van der Waals surface area contributed by atoms with Crippen molar-refractivity contribution in [2.75, 3.05) is 11.9 Å². The summed E-state index contributed by atoms with van der Waals surface area (Å²) in [6.45, 7) is -0.0131. The summed E-state index contributed by atoms with van der Waals surface area (Å²) in [7, 11) is 0. The zero-order chi connectivity index (χ0) is 14.4. The van der Waals surface area contributed by atoms with Crippen molar-refractivity contribution in [3.05, 3.63) is 36.4 Å². The lowest BCUT2D eigenvalue weighted by atomic mass is 10.1. The molecule has 2 rings (SSSR count). The number of ether oxygens (including phenoxy) is 1. The van der Waals surface area contributed by atoms with Crippen molar-refractivity contribution in [3.8, 4) is 17.0 Å². The Labute approximate surface area is 115 Å². The van der Waals surface area contributed by atoms with E-state index in [0.717, 1.165) is 13.0 Å². The van der Waals surface area contributed by atoms with Crippen LogP contribution in [0.25, 0.3) is 11.3 Å². The van der Waals surface area contributed by atoms with Crippen molar-refractivity contribution < 1.29 is 13.5 Å². The van der Waals surface area contributed by atoms with Crippen molar-refractivity contribution in [2.45, 2.75) is 20.0 Å². The number of rotatable bonds is 6. The minimum Gasteiger partial charge on any atom is -0.434 e. The van der Waals surface area contributed by atoms with E-state index in [0.29, 0.717) is 17.1 Å². The smallest absolute Gasteiger partial charge is 0.387 e. The summed E-state index contributed by atoms with van der Waals surface area (Å²) in [4.78, 5) is 0. The van der Waals surface area contributed by atoms with E-state index in [2.05, 4.69) is 20.3 Å². The molecule has 1 aromatic heterocycles. The fourth-order valence-electron chi connectivity index (χ4n) is 1.70. The summed E-state index contributed by atoms with van der Waals surface area (Å²) in [5, 5.41) is 11.1. The Hall–Kier alpha value is -2.24. The molecule has 1 aromatic carbocycles. The van der Waals surface area contributed by atoms with Gasteiger partial charge >= 0.3 is 6.61 Å². The molecule has 0 saturated heterocycles. The highest BCUT2D eigenvalue weighted by atomic mass is 19.3. The van der Waals surface area contributed by atoms with Crippen LogP contribution >= 0.6 is 0 Å². The van der Waals surface area contributed by atoms with E-state index >= 15 is 0 Å². The van der Waals surface area contributed by atoms with E-state index in [1.807, 2.05) is 6.92 Å². The molecular weight excluding hydrogens is 264 g/mol. The quantitative estimate of drug-likeness (QED) is 0.878. The third-order valence-electron chi connectivity index (χ3n) is 2.60. The molecule has 0 atom stereocenters. The molecule has 0 bridgehead atoms. The van der Waals surface area contributed by atoms with Crippen LogP contribution in [0.2, 0.25) is 0 Å². The monoisotopic (exact) mass is 279 g/mol. The normalized spacial score (nSPS) is 10.6. The second-order valence-electron chi connectivity index (χ2n) is 4.11. The van der Waals surface area contributed by atoms with Crippen molar-refractivity contribution in [3.63, 3.8) is 0 Å². The Balaban J connectivity index is 2.22. The second-order valence-corrected chi connectivity index (χ2v) is 4.11. The van der Waals surface area contributed by atoms with Gasteiger partial charge in [0.2, 0.25) is 0 Å². The van der Waals surface area contributed by atoms with Crippen LogP contribution in [0, 0.1) is 0 Å². The lowest BCUT2D eigenvalue weighted by molar-refractivity contribution is -0.0494. The van der Waals surface area contributed by atoms with Gasteiger partial charge in [0.1, 0.15) is 11.6 Å². The predicted molar refractivity (Wildman–Crippen MR) is 72.9 cm³/mol. The fraction of sp³-hybridized carbons (Fsp3) is 0.286. The van der Waals surface area contributed by atoms with E-state index in [4.69, 9.17) is 0 Å². The zero-order valence-corrected chi connectivity index (χ0v) is 11.0. The molecule has 0 aliphatic heterocycles. The molecule has 0 saturated carbocycles. The summed E-state index contributed by atoms with van der Waals surface area (Å²) in [6, 6.07) is 9.99. The van der Waals surface area contributed by atoms with Gasteiger partial charge in [-0.2, -0.15) is 8.78 Å². The van der Waals surface area contributed by atoms with Gasteiger partial charge in [0.15, 0.2) is 0 Å². The molecule has 0 aliphatic carbocycles. The number of hydrogen-bond donors (Lipinski definition) is 1. The number of nitrogens with one attached hydrogen (secondary N) is 1. The van der Waals surface area contributed by atoms with Crippen LogP contribution in [-0.4, -0.2) is 23.4 Å². The van der Waals surface area contributed by atoms with Gasteiger partial charge in [-0.3, -0.25) is 0 Å². The van der Waals surface area contributed by atoms with Gasteiger partial charge in [-0.25, -0.2) is 0 Å². The average molecular weight is 279 g/mol. The van der Waals surface area contributed by atoms with Crippen LogP contribution in [0.1, 0.15) is 13.3 Å². The number of anilines is 1. The van der Waals surface area contributed by atoms with E-state index < -0.39 is 6.61 Å². The van der Waals surface area contributed by atoms with Crippen LogP contribution in [0.5, 0.6) is 5.75 Å². The minimum absolute atomic E-state index is 0.0890. The van der Waals surface area contributed by atoms with Gasteiger partial charge in [-0.05, 0) is 30.7 Å². The van der Waals surface area contributed by atoms with Crippen molar-refractivity contribution >= 4 is 5.82 Å².